The fourth-order valence-corrected chi connectivity index (χ4v) is 7.17. The Morgan fingerprint density at radius 1 is 1.15 bits per heavy atom. The summed E-state index contributed by atoms with van der Waals surface area (Å²) in [5.74, 6) is 0.0673. The molecule has 1 N–H and O–H groups in total. The molecule has 0 aromatic heterocycles. The van der Waals surface area contributed by atoms with Crippen LogP contribution in [0, 0.1) is 5.92 Å². The maximum Gasteiger partial charge on any atom is 0.253 e. The van der Waals surface area contributed by atoms with Crippen LogP contribution in [0.3, 0.4) is 0 Å². The van der Waals surface area contributed by atoms with Crippen molar-refractivity contribution in [2.24, 2.45) is 5.92 Å². The van der Waals surface area contributed by atoms with Crippen LogP contribution in [-0.4, -0.2) is 22.0 Å². The maximum atomic E-state index is 13.9. The molecule has 1 aliphatic heterocycles. The van der Waals surface area contributed by atoms with E-state index >= 15 is 0 Å². The number of hydrogen-bond acceptors (Lipinski definition) is 3. The van der Waals surface area contributed by atoms with Gasteiger partial charge in [-0.05, 0) is 53.5 Å². The highest BCUT2D eigenvalue weighted by Crippen LogP contribution is 2.51. The molecule has 2 aliphatic rings. The minimum absolute atomic E-state index is 0.0538. The molecule has 33 heavy (non-hydrogen) atoms. The average molecular weight is 505 g/mol. The SMILES string of the molecule is C=CC[C@]1([C@H]2CCC[C@H]2SC(C)C)O[C@H](c2cccc(Cl)c2)[C@@H](c2ccc(Cl)cc2)NC1=O. The lowest BCUT2D eigenvalue weighted by atomic mass is 9.78. The van der Waals surface area contributed by atoms with Crippen molar-refractivity contribution in [1.82, 2.24) is 5.32 Å². The van der Waals surface area contributed by atoms with E-state index < -0.39 is 5.60 Å². The van der Waals surface area contributed by atoms with E-state index in [0.717, 1.165) is 30.4 Å². The zero-order valence-electron chi connectivity index (χ0n) is 19.1. The fourth-order valence-electron chi connectivity index (χ4n) is 5.29. The summed E-state index contributed by atoms with van der Waals surface area (Å²) in [6.45, 7) is 8.42. The molecule has 4 rings (SSSR count). The molecule has 2 fully saturated rings. The Morgan fingerprint density at radius 3 is 2.58 bits per heavy atom. The number of morpholine rings is 1. The zero-order valence-corrected chi connectivity index (χ0v) is 21.4. The van der Waals surface area contributed by atoms with Crippen LogP contribution in [0.4, 0.5) is 0 Å². The number of amides is 1. The largest absolute Gasteiger partial charge is 0.354 e. The average Bonchev–Trinajstić information content (AvgIpc) is 3.23. The number of rotatable bonds is 7. The number of hydrogen-bond donors (Lipinski definition) is 1. The number of halogens is 2. The van der Waals surface area contributed by atoms with E-state index in [-0.39, 0.29) is 24.0 Å². The molecule has 2 aromatic carbocycles. The summed E-state index contributed by atoms with van der Waals surface area (Å²) in [6.07, 6.45) is 5.10. The summed E-state index contributed by atoms with van der Waals surface area (Å²) in [6, 6.07) is 15.0. The van der Waals surface area contributed by atoms with Crippen LogP contribution in [0.5, 0.6) is 0 Å². The second-order valence-corrected chi connectivity index (χ2v) is 11.9. The molecule has 6 heteroatoms. The Balaban J connectivity index is 1.78. The molecule has 176 valence electrons. The highest BCUT2D eigenvalue weighted by atomic mass is 35.5. The molecule has 0 radical (unpaired) electrons. The molecule has 1 amide bonds. The molecule has 3 nitrogen and oxygen atoms in total. The highest BCUT2D eigenvalue weighted by molar-refractivity contribution is 8.00. The van der Waals surface area contributed by atoms with Crippen LogP contribution in [-0.2, 0) is 9.53 Å². The Labute approximate surface area is 211 Å². The first kappa shape index (κ1) is 24.7. The van der Waals surface area contributed by atoms with E-state index in [1.807, 2.05) is 66.4 Å². The lowest BCUT2D eigenvalue weighted by Gasteiger charge is -2.48. The molecular weight excluding hydrogens is 473 g/mol. The van der Waals surface area contributed by atoms with Crippen molar-refractivity contribution in [2.75, 3.05) is 0 Å². The Hall–Kier alpha value is -1.46. The third kappa shape index (κ3) is 5.14. The minimum atomic E-state index is -0.958. The predicted octanol–water partition coefficient (Wildman–Crippen LogP) is 7.55. The summed E-state index contributed by atoms with van der Waals surface area (Å²) in [5.41, 5.74) is 0.937. The van der Waals surface area contributed by atoms with Crippen LogP contribution >= 0.6 is 35.0 Å². The molecule has 0 bridgehead atoms. The maximum absolute atomic E-state index is 13.9. The molecule has 5 atom stereocenters. The van der Waals surface area contributed by atoms with E-state index in [1.54, 1.807) is 0 Å². The normalized spacial score (nSPS) is 29.8. The van der Waals surface area contributed by atoms with Crippen molar-refractivity contribution >= 4 is 40.9 Å². The van der Waals surface area contributed by atoms with E-state index in [0.29, 0.717) is 27.0 Å². The van der Waals surface area contributed by atoms with Gasteiger partial charge < -0.3 is 10.1 Å². The number of thioether (sulfide) groups is 1. The van der Waals surface area contributed by atoms with Crippen molar-refractivity contribution in [3.05, 3.63) is 82.4 Å². The van der Waals surface area contributed by atoms with E-state index in [2.05, 4.69) is 25.7 Å². The molecular formula is C27H31Cl2NO2S. The molecule has 0 unspecified atom stereocenters. The molecule has 2 aromatic rings. The smallest absolute Gasteiger partial charge is 0.253 e. The number of carbonyl (C=O) groups is 1. The van der Waals surface area contributed by atoms with Gasteiger partial charge in [0.15, 0.2) is 5.60 Å². The van der Waals surface area contributed by atoms with Gasteiger partial charge in [0.05, 0.1) is 6.04 Å². The Morgan fingerprint density at radius 2 is 1.91 bits per heavy atom. The van der Waals surface area contributed by atoms with Crippen LogP contribution in [0.15, 0.2) is 61.2 Å². The second-order valence-electron chi connectivity index (χ2n) is 9.24. The number of nitrogens with one attached hydrogen (secondary N) is 1. The van der Waals surface area contributed by atoms with Gasteiger partial charge in [-0.2, -0.15) is 11.8 Å². The standard InChI is InChI=1S/C27H31Cl2NO2S/c1-4-15-27(22-9-6-10-23(22)33-17(2)3)26(31)30-24(18-11-13-20(28)14-12-18)25(32-27)19-7-5-8-21(29)16-19/h4-5,7-8,11-14,16-17,22-25H,1,6,9-10,15H2,2-3H3,(H,30,31)/t22-,23+,24+,25+,27+/m0/s1. The summed E-state index contributed by atoms with van der Waals surface area (Å²) in [5, 5.41) is 5.51. The molecule has 1 aliphatic carbocycles. The Kier molecular flexibility index (Phi) is 7.80. The predicted molar refractivity (Wildman–Crippen MR) is 139 cm³/mol. The van der Waals surface area contributed by atoms with Gasteiger partial charge in [-0.3, -0.25) is 4.79 Å². The molecule has 1 saturated carbocycles. The van der Waals surface area contributed by atoms with Crippen LogP contribution in [0.1, 0.15) is 62.8 Å². The minimum Gasteiger partial charge on any atom is -0.354 e. The molecule has 0 spiro atoms. The quantitative estimate of drug-likeness (QED) is 0.396. The van der Waals surface area contributed by atoms with Gasteiger partial charge in [0.1, 0.15) is 6.10 Å². The lowest BCUT2D eigenvalue weighted by molar-refractivity contribution is -0.188. The van der Waals surface area contributed by atoms with Crippen molar-refractivity contribution in [1.29, 1.82) is 0 Å². The van der Waals surface area contributed by atoms with E-state index in [9.17, 15) is 4.79 Å². The zero-order chi connectivity index (χ0) is 23.6. The van der Waals surface area contributed by atoms with Gasteiger partial charge >= 0.3 is 0 Å². The number of ether oxygens (including phenoxy) is 1. The van der Waals surface area contributed by atoms with Gasteiger partial charge in [-0.1, -0.05) is 73.8 Å². The van der Waals surface area contributed by atoms with Gasteiger partial charge in [0.25, 0.3) is 5.91 Å². The van der Waals surface area contributed by atoms with E-state index in [1.165, 1.54) is 0 Å². The third-order valence-corrected chi connectivity index (χ3v) is 8.61. The number of benzene rings is 2. The molecule has 1 saturated heterocycles. The molecule has 1 heterocycles. The third-order valence-electron chi connectivity index (χ3n) is 6.66. The number of carbonyl (C=O) groups excluding carboxylic acids is 1. The van der Waals surface area contributed by atoms with Crippen molar-refractivity contribution in [3.8, 4) is 0 Å². The summed E-state index contributed by atoms with van der Waals surface area (Å²) >= 11 is 14.5. The fraction of sp³-hybridized carbons (Fsp3) is 0.444. The summed E-state index contributed by atoms with van der Waals surface area (Å²) in [7, 11) is 0. The highest BCUT2D eigenvalue weighted by Gasteiger charge is 2.56. The first-order valence-corrected chi connectivity index (χ1v) is 13.3. The van der Waals surface area contributed by atoms with Gasteiger partial charge in [-0.25, -0.2) is 0 Å². The monoisotopic (exact) mass is 503 g/mol. The van der Waals surface area contributed by atoms with Crippen molar-refractivity contribution in [2.45, 2.75) is 67.8 Å². The van der Waals surface area contributed by atoms with Crippen LogP contribution < -0.4 is 5.32 Å². The van der Waals surface area contributed by atoms with Gasteiger partial charge in [0.2, 0.25) is 0 Å². The van der Waals surface area contributed by atoms with Gasteiger partial charge in [0, 0.05) is 27.6 Å². The summed E-state index contributed by atoms with van der Waals surface area (Å²) in [4.78, 5) is 13.9. The first-order chi connectivity index (χ1) is 15.8. The topological polar surface area (TPSA) is 38.3 Å². The Bertz CT molecular complexity index is 996. The van der Waals surface area contributed by atoms with Crippen molar-refractivity contribution in [3.63, 3.8) is 0 Å². The van der Waals surface area contributed by atoms with Crippen molar-refractivity contribution < 1.29 is 9.53 Å². The van der Waals surface area contributed by atoms with Crippen LogP contribution in [0.25, 0.3) is 0 Å². The summed E-state index contributed by atoms with van der Waals surface area (Å²) < 4.78 is 6.97. The first-order valence-electron chi connectivity index (χ1n) is 11.6. The van der Waals surface area contributed by atoms with E-state index in [4.69, 9.17) is 27.9 Å². The lowest BCUT2D eigenvalue weighted by Crippen LogP contribution is -2.61. The second kappa shape index (κ2) is 10.4. The van der Waals surface area contributed by atoms with Gasteiger partial charge in [-0.15, -0.1) is 6.58 Å². The van der Waals surface area contributed by atoms with Crippen LogP contribution in [0.2, 0.25) is 10.0 Å².